The van der Waals surface area contributed by atoms with Gasteiger partial charge in [-0.05, 0) is 24.8 Å². The average molecular weight is 331 g/mol. The van der Waals surface area contributed by atoms with Gasteiger partial charge in [-0.1, -0.05) is 88.6 Å². The average Bonchev–Trinajstić information content (AvgIpc) is 2.61. The molecule has 0 fully saturated rings. The summed E-state index contributed by atoms with van der Waals surface area (Å²) in [5, 5.41) is 4.02. The lowest BCUT2D eigenvalue weighted by molar-refractivity contribution is -0.121. The number of aryl methyl sites for hydroxylation is 1. The van der Waals surface area contributed by atoms with Crippen LogP contribution in [0.4, 0.5) is 0 Å². The second-order valence-corrected chi connectivity index (χ2v) is 6.45. The standard InChI is InChI=1S/C21H34N2O/c1-2-3-4-5-6-7-8-9-13-18-21(24)23-22-19-14-17-20-15-11-10-12-16-20/h10-12,15-16,19H,2-9,13-14,17-18H2,1H3,(H,23,24)/b22-19+. The third-order valence-corrected chi connectivity index (χ3v) is 4.19. The third-order valence-electron chi connectivity index (χ3n) is 4.19. The summed E-state index contributed by atoms with van der Waals surface area (Å²) in [5.74, 6) is 0.0360. The molecule has 0 aromatic heterocycles. The van der Waals surface area contributed by atoms with Gasteiger partial charge in [0.15, 0.2) is 0 Å². The molecule has 0 bridgehead atoms. The molecule has 3 nitrogen and oxygen atoms in total. The summed E-state index contributed by atoms with van der Waals surface area (Å²) in [4.78, 5) is 11.7. The van der Waals surface area contributed by atoms with Gasteiger partial charge in [0.2, 0.25) is 5.91 Å². The van der Waals surface area contributed by atoms with E-state index in [1.165, 1.54) is 50.5 Å². The highest BCUT2D eigenvalue weighted by Gasteiger charge is 1.99. The van der Waals surface area contributed by atoms with Crippen LogP contribution in [-0.2, 0) is 11.2 Å². The zero-order chi connectivity index (χ0) is 17.3. The number of rotatable bonds is 14. The second kappa shape index (κ2) is 14.9. The van der Waals surface area contributed by atoms with Crippen molar-refractivity contribution in [2.45, 2.75) is 84.0 Å². The van der Waals surface area contributed by atoms with Crippen LogP contribution in [0, 0.1) is 0 Å². The van der Waals surface area contributed by atoms with Gasteiger partial charge in [-0.25, -0.2) is 5.43 Å². The Labute approximate surface area is 147 Å². The molecule has 0 spiro atoms. The maximum absolute atomic E-state index is 11.7. The van der Waals surface area contributed by atoms with Gasteiger partial charge in [0, 0.05) is 12.6 Å². The minimum atomic E-state index is 0.0360. The summed E-state index contributed by atoms with van der Waals surface area (Å²) in [6, 6.07) is 10.3. The molecule has 0 aliphatic heterocycles. The fraction of sp³-hybridized carbons (Fsp3) is 0.619. The van der Waals surface area contributed by atoms with Crippen molar-refractivity contribution in [3.05, 3.63) is 35.9 Å². The molecule has 24 heavy (non-hydrogen) atoms. The lowest BCUT2D eigenvalue weighted by atomic mass is 10.1. The van der Waals surface area contributed by atoms with Crippen LogP contribution in [0.1, 0.15) is 83.1 Å². The van der Waals surface area contributed by atoms with Crippen LogP contribution in [-0.4, -0.2) is 12.1 Å². The molecule has 1 amide bonds. The van der Waals surface area contributed by atoms with Gasteiger partial charge in [-0.15, -0.1) is 0 Å². The van der Waals surface area contributed by atoms with Crippen LogP contribution in [0.5, 0.6) is 0 Å². The molecule has 0 atom stereocenters. The van der Waals surface area contributed by atoms with Gasteiger partial charge < -0.3 is 0 Å². The zero-order valence-electron chi connectivity index (χ0n) is 15.3. The van der Waals surface area contributed by atoms with Gasteiger partial charge in [0.05, 0.1) is 0 Å². The number of benzene rings is 1. The van der Waals surface area contributed by atoms with Crippen LogP contribution in [0.3, 0.4) is 0 Å². The fourth-order valence-corrected chi connectivity index (χ4v) is 2.71. The summed E-state index contributed by atoms with van der Waals surface area (Å²) in [6.45, 7) is 2.25. The van der Waals surface area contributed by atoms with Crippen molar-refractivity contribution in [1.82, 2.24) is 5.43 Å². The fourth-order valence-electron chi connectivity index (χ4n) is 2.71. The summed E-state index contributed by atoms with van der Waals surface area (Å²) in [7, 11) is 0. The molecule has 1 N–H and O–H groups in total. The topological polar surface area (TPSA) is 41.5 Å². The Bertz CT molecular complexity index is 442. The minimum Gasteiger partial charge on any atom is -0.273 e. The van der Waals surface area contributed by atoms with Crippen molar-refractivity contribution in [2.75, 3.05) is 0 Å². The molecule has 0 unspecified atom stereocenters. The van der Waals surface area contributed by atoms with E-state index in [2.05, 4.69) is 29.6 Å². The summed E-state index contributed by atoms with van der Waals surface area (Å²) in [6.07, 6.45) is 15.6. The maximum atomic E-state index is 11.7. The molecular weight excluding hydrogens is 296 g/mol. The number of carbonyl (C=O) groups is 1. The zero-order valence-corrected chi connectivity index (χ0v) is 15.3. The number of nitrogens with one attached hydrogen (secondary N) is 1. The molecule has 0 saturated heterocycles. The van der Waals surface area contributed by atoms with E-state index in [-0.39, 0.29) is 5.91 Å². The number of hydrogen-bond donors (Lipinski definition) is 1. The highest BCUT2D eigenvalue weighted by atomic mass is 16.2. The van der Waals surface area contributed by atoms with Crippen molar-refractivity contribution < 1.29 is 4.79 Å². The Morgan fingerprint density at radius 1 is 0.958 bits per heavy atom. The van der Waals surface area contributed by atoms with E-state index in [4.69, 9.17) is 0 Å². The van der Waals surface area contributed by atoms with Gasteiger partial charge in [0.25, 0.3) is 0 Å². The molecule has 0 saturated carbocycles. The largest absolute Gasteiger partial charge is 0.273 e. The molecule has 0 heterocycles. The van der Waals surface area contributed by atoms with Crippen molar-refractivity contribution in [3.8, 4) is 0 Å². The van der Waals surface area contributed by atoms with Crippen LogP contribution in [0.2, 0.25) is 0 Å². The van der Waals surface area contributed by atoms with E-state index in [0.717, 1.165) is 25.7 Å². The third kappa shape index (κ3) is 11.9. The second-order valence-electron chi connectivity index (χ2n) is 6.45. The summed E-state index contributed by atoms with van der Waals surface area (Å²) < 4.78 is 0. The smallest absolute Gasteiger partial charge is 0.240 e. The van der Waals surface area contributed by atoms with Crippen LogP contribution in [0.15, 0.2) is 35.4 Å². The van der Waals surface area contributed by atoms with Gasteiger partial charge >= 0.3 is 0 Å². The Morgan fingerprint density at radius 2 is 1.58 bits per heavy atom. The van der Waals surface area contributed by atoms with Gasteiger partial charge in [-0.3, -0.25) is 4.79 Å². The first-order valence-electron chi connectivity index (χ1n) is 9.67. The van der Waals surface area contributed by atoms with Crippen LogP contribution in [0.25, 0.3) is 0 Å². The van der Waals surface area contributed by atoms with Crippen molar-refractivity contribution in [2.24, 2.45) is 5.10 Å². The molecule has 0 aliphatic carbocycles. The number of unbranched alkanes of at least 4 members (excludes halogenated alkanes) is 8. The van der Waals surface area contributed by atoms with Crippen molar-refractivity contribution in [1.29, 1.82) is 0 Å². The minimum absolute atomic E-state index is 0.0360. The molecule has 3 heteroatoms. The lowest BCUT2D eigenvalue weighted by Crippen LogP contribution is -2.16. The predicted molar refractivity (Wildman–Crippen MR) is 103 cm³/mol. The van der Waals surface area contributed by atoms with Crippen molar-refractivity contribution >= 4 is 12.1 Å². The number of hydrogen-bond acceptors (Lipinski definition) is 2. The predicted octanol–water partition coefficient (Wildman–Crippen LogP) is 5.64. The van der Waals surface area contributed by atoms with Gasteiger partial charge in [0.1, 0.15) is 0 Å². The van der Waals surface area contributed by atoms with E-state index in [1.807, 2.05) is 18.2 Å². The Balaban J connectivity index is 1.90. The molecule has 0 aliphatic rings. The summed E-state index contributed by atoms with van der Waals surface area (Å²) in [5.41, 5.74) is 3.92. The van der Waals surface area contributed by atoms with Crippen molar-refractivity contribution in [3.63, 3.8) is 0 Å². The maximum Gasteiger partial charge on any atom is 0.240 e. The van der Waals surface area contributed by atoms with Gasteiger partial charge in [-0.2, -0.15) is 5.10 Å². The van der Waals surface area contributed by atoms with Crippen LogP contribution < -0.4 is 5.43 Å². The molecule has 1 rings (SSSR count). The number of hydrazone groups is 1. The Morgan fingerprint density at radius 3 is 2.25 bits per heavy atom. The van der Waals surface area contributed by atoms with E-state index in [1.54, 1.807) is 6.21 Å². The Hall–Kier alpha value is -1.64. The molecule has 0 radical (unpaired) electrons. The highest BCUT2D eigenvalue weighted by Crippen LogP contribution is 2.10. The van der Waals surface area contributed by atoms with E-state index >= 15 is 0 Å². The normalized spacial score (nSPS) is 11.0. The first-order chi connectivity index (χ1) is 11.8. The first kappa shape index (κ1) is 20.4. The SMILES string of the molecule is CCCCCCCCCCCC(=O)N/N=C/CCc1ccccc1. The van der Waals surface area contributed by atoms with E-state index in [9.17, 15) is 4.79 Å². The molecule has 134 valence electrons. The summed E-state index contributed by atoms with van der Waals surface area (Å²) >= 11 is 0. The number of amides is 1. The lowest BCUT2D eigenvalue weighted by Gasteiger charge is -2.02. The molecule has 1 aromatic rings. The number of carbonyl (C=O) groups excluding carboxylic acids is 1. The number of nitrogens with zero attached hydrogens (tertiary/aromatic N) is 1. The first-order valence-corrected chi connectivity index (χ1v) is 9.67. The highest BCUT2D eigenvalue weighted by molar-refractivity contribution is 5.76. The molecular formula is C21H34N2O. The quantitative estimate of drug-likeness (QED) is 0.267. The van der Waals surface area contributed by atoms with E-state index < -0.39 is 0 Å². The Kier molecular flexibility index (Phi) is 12.7. The van der Waals surface area contributed by atoms with Crippen LogP contribution >= 0.6 is 0 Å². The molecule has 1 aromatic carbocycles. The monoisotopic (exact) mass is 330 g/mol. The van der Waals surface area contributed by atoms with E-state index in [0.29, 0.717) is 6.42 Å².